The van der Waals surface area contributed by atoms with Crippen LogP contribution in [-0.4, -0.2) is 25.0 Å². The van der Waals surface area contributed by atoms with E-state index in [0.29, 0.717) is 5.82 Å². The Morgan fingerprint density at radius 1 is 1.06 bits per heavy atom. The third kappa shape index (κ3) is 4.28. The molecule has 0 aliphatic rings. The van der Waals surface area contributed by atoms with Crippen LogP contribution in [-0.2, 0) is 6.18 Å². The van der Waals surface area contributed by atoms with Crippen LogP contribution in [0.1, 0.15) is 21.7 Å². The average Bonchev–Trinajstić information content (AvgIpc) is 3.22. The highest BCUT2D eigenvalue weighted by atomic mass is 32.1. The zero-order chi connectivity index (χ0) is 22.9. The third-order valence-corrected chi connectivity index (χ3v) is 5.07. The van der Waals surface area contributed by atoms with E-state index in [0.717, 1.165) is 33.9 Å². The maximum absolute atomic E-state index is 13.4. The second-order valence-corrected chi connectivity index (χ2v) is 7.42. The highest BCUT2D eigenvalue weighted by Gasteiger charge is 2.34. The molecule has 32 heavy (non-hydrogen) atoms. The molecule has 4 rings (SSSR count). The summed E-state index contributed by atoms with van der Waals surface area (Å²) >= 11 is 0.904. The zero-order valence-corrected chi connectivity index (χ0v) is 17.2. The fraction of sp³-hybridized carbons (Fsp3) is 0.0952. The fourth-order valence-corrected chi connectivity index (χ4v) is 3.57. The first-order valence-electron chi connectivity index (χ1n) is 9.22. The molecule has 0 saturated carbocycles. The van der Waals surface area contributed by atoms with Gasteiger partial charge in [-0.05, 0) is 19.1 Å². The number of para-hydroxylation sites is 1. The van der Waals surface area contributed by atoms with Gasteiger partial charge in [0.1, 0.15) is 0 Å². The van der Waals surface area contributed by atoms with Gasteiger partial charge in [-0.1, -0.05) is 42.5 Å². The van der Waals surface area contributed by atoms with Gasteiger partial charge in [0.25, 0.3) is 5.91 Å². The van der Waals surface area contributed by atoms with Gasteiger partial charge in [0.15, 0.2) is 11.5 Å². The summed E-state index contributed by atoms with van der Waals surface area (Å²) in [5.74, 6) is -0.511. The van der Waals surface area contributed by atoms with Crippen molar-refractivity contribution in [3.63, 3.8) is 0 Å². The summed E-state index contributed by atoms with van der Waals surface area (Å²) in [4.78, 5) is 29.3. The van der Waals surface area contributed by atoms with Crippen molar-refractivity contribution in [3.05, 3.63) is 87.8 Å². The second kappa shape index (κ2) is 8.35. The molecule has 0 spiro atoms. The van der Waals surface area contributed by atoms with Gasteiger partial charge in [-0.2, -0.15) is 27.6 Å². The Kier molecular flexibility index (Phi) is 5.57. The van der Waals surface area contributed by atoms with Gasteiger partial charge >= 0.3 is 6.18 Å². The van der Waals surface area contributed by atoms with Crippen molar-refractivity contribution in [2.45, 2.75) is 13.1 Å². The van der Waals surface area contributed by atoms with Crippen molar-refractivity contribution in [1.29, 1.82) is 0 Å². The van der Waals surface area contributed by atoms with Gasteiger partial charge in [-0.15, -0.1) is 0 Å². The summed E-state index contributed by atoms with van der Waals surface area (Å²) in [6.07, 6.45) is -4.64. The highest BCUT2D eigenvalue weighted by Crippen LogP contribution is 2.33. The molecule has 0 aliphatic carbocycles. The van der Waals surface area contributed by atoms with Gasteiger partial charge < -0.3 is 0 Å². The van der Waals surface area contributed by atoms with Crippen molar-refractivity contribution < 1.29 is 18.0 Å². The number of rotatable bonds is 4. The van der Waals surface area contributed by atoms with E-state index in [1.807, 2.05) is 18.2 Å². The van der Waals surface area contributed by atoms with Crippen LogP contribution in [0.15, 0.2) is 65.5 Å². The molecular weight excluding hydrogens is 443 g/mol. The highest BCUT2D eigenvalue weighted by molar-refractivity contribution is 7.10. The van der Waals surface area contributed by atoms with E-state index in [4.69, 9.17) is 0 Å². The molecule has 11 heteroatoms. The van der Waals surface area contributed by atoms with Gasteiger partial charge in [0.05, 0.1) is 11.3 Å². The van der Waals surface area contributed by atoms with Crippen LogP contribution < -0.4 is 10.7 Å². The van der Waals surface area contributed by atoms with Crippen molar-refractivity contribution in [2.75, 3.05) is 5.32 Å². The molecule has 1 N–H and O–H groups in total. The minimum Gasteiger partial charge on any atom is -0.295 e. The molecule has 7 nitrogen and oxygen atoms in total. The van der Waals surface area contributed by atoms with Gasteiger partial charge in [0.2, 0.25) is 10.6 Å². The van der Waals surface area contributed by atoms with Crippen LogP contribution in [0.4, 0.5) is 18.3 Å². The largest absolute Gasteiger partial charge is 0.418 e. The van der Waals surface area contributed by atoms with Crippen LogP contribution in [0, 0.1) is 6.92 Å². The summed E-state index contributed by atoms with van der Waals surface area (Å²) in [7, 11) is 0. The molecule has 162 valence electrons. The van der Waals surface area contributed by atoms with Crippen LogP contribution in [0.5, 0.6) is 0 Å². The number of amides is 1. The topological polar surface area (TPSA) is 89.8 Å². The molecule has 4 aromatic rings. The van der Waals surface area contributed by atoms with Crippen LogP contribution >= 0.6 is 11.5 Å². The molecule has 0 atom stereocenters. The Morgan fingerprint density at radius 3 is 2.47 bits per heavy atom. The van der Waals surface area contributed by atoms with Gasteiger partial charge in [0, 0.05) is 28.9 Å². The number of nitrogens with one attached hydrogen (secondary N) is 1. The summed E-state index contributed by atoms with van der Waals surface area (Å²) in [5, 5.41) is 6.49. The van der Waals surface area contributed by atoms with Crippen molar-refractivity contribution in [2.24, 2.45) is 0 Å². The molecule has 0 radical (unpaired) electrons. The maximum atomic E-state index is 13.4. The molecule has 0 fully saturated rings. The number of hydrogen-bond acceptors (Lipinski definition) is 6. The van der Waals surface area contributed by atoms with Gasteiger partial charge in [-0.25, -0.2) is 4.68 Å². The van der Waals surface area contributed by atoms with Gasteiger partial charge in [-0.3, -0.25) is 14.9 Å². The van der Waals surface area contributed by atoms with E-state index < -0.39 is 28.8 Å². The Bertz CT molecular complexity index is 1350. The predicted molar refractivity (Wildman–Crippen MR) is 113 cm³/mol. The predicted octanol–water partition coefficient (Wildman–Crippen LogP) is 4.33. The second-order valence-electron chi connectivity index (χ2n) is 6.67. The SMILES string of the molecule is Cc1cc(=O)c(C(=O)Nc2nc(-c3ccccc3)ns2)nn1-c1ccccc1C(F)(F)F. The standard InChI is InChI=1S/C21H14F3N5O2S/c1-12-11-16(30)17(27-29(12)15-10-6-5-9-14(15)21(22,23)24)19(31)26-20-25-18(28-32-20)13-7-3-2-4-8-13/h2-11H,1H3,(H,25,26,28,31). The Labute approximate surface area is 183 Å². The summed E-state index contributed by atoms with van der Waals surface area (Å²) in [6.45, 7) is 1.43. The van der Waals surface area contributed by atoms with E-state index in [2.05, 4.69) is 19.8 Å². The summed E-state index contributed by atoms with van der Waals surface area (Å²) in [6, 6.07) is 14.9. The number of aromatic nitrogens is 4. The quantitative estimate of drug-likeness (QED) is 0.493. The molecule has 0 saturated heterocycles. The number of nitrogens with zero attached hydrogens (tertiary/aromatic N) is 4. The lowest BCUT2D eigenvalue weighted by Gasteiger charge is -2.16. The summed E-state index contributed by atoms with van der Waals surface area (Å²) < 4.78 is 45.4. The van der Waals surface area contributed by atoms with E-state index in [-0.39, 0.29) is 16.5 Å². The number of hydrogen-bond donors (Lipinski definition) is 1. The minimum absolute atomic E-state index is 0.123. The number of carbonyl (C=O) groups is 1. The normalized spacial score (nSPS) is 11.4. The first-order chi connectivity index (χ1) is 15.2. The number of alkyl halides is 3. The molecule has 2 aromatic heterocycles. The number of halogens is 3. The van der Waals surface area contributed by atoms with Crippen LogP contribution in [0.2, 0.25) is 0 Å². The maximum Gasteiger partial charge on any atom is 0.418 e. The molecule has 1 amide bonds. The zero-order valence-electron chi connectivity index (χ0n) is 16.4. The van der Waals surface area contributed by atoms with E-state index in [9.17, 15) is 22.8 Å². The first kappa shape index (κ1) is 21.4. The Hall–Kier alpha value is -3.86. The van der Waals surface area contributed by atoms with Crippen molar-refractivity contribution in [3.8, 4) is 17.1 Å². The molecule has 2 aromatic carbocycles. The Balaban J connectivity index is 1.68. The van der Waals surface area contributed by atoms with Crippen LogP contribution in [0.25, 0.3) is 17.1 Å². The van der Waals surface area contributed by atoms with Crippen molar-refractivity contribution >= 4 is 22.6 Å². The molecule has 0 aliphatic heterocycles. The molecule has 0 unspecified atom stereocenters. The van der Waals surface area contributed by atoms with Crippen molar-refractivity contribution in [1.82, 2.24) is 19.1 Å². The molecular formula is C21H14F3N5O2S. The van der Waals surface area contributed by atoms with E-state index >= 15 is 0 Å². The van der Waals surface area contributed by atoms with E-state index in [1.165, 1.54) is 25.1 Å². The third-order valence-electron chi connectivity index (χ3n) is 4.44. The monoisotopic (exact) mass is 457 g/mol. The number of carbonyl (C=O) groups excluding carboxylic acids is 1. The smallest absolute Gasteiger partial charge is 0.295 e. The van der Waals surface area contributed by atoms with E-state index in [1.54, 1.807) is 12.1 Å². The summed E-state index contributed by atoms with van der Waals surface area (Å²) in [5.41, 5.74) is -1.65. The first-order valence-corrected chi connectivity index (χ1v) is 9.99. The minimum atomic E-state index is -4.64. The fourth-order valence-electron chi connectivity index (χ4n) is 2.98. The lowest BCUT2D eigenvalue weighted by molar-refractivity contribution is -0.137. The number of anilines is 1. The number of benzene rings is 2. The lowest BCUT2D eigenvalue weighted by atomic mass is 10.1. The Morgan fingerprint density at radius 2 is 1.75 bits per heavy atom. The number of aryl methyl sites for hydroxylation is 1. The van der Waals surface area contributed by atoms with Crippen LogP contribution in [0.3, 0.4) is 0 Å². The lowest BCUT2D eigenvalue weighted by Crippen LogP contribution is -2.27. The molecule has 2 heterocycles. The molecule has 0 bridgehead atoms. The average molecular weight is 457 g/mol.